The highest BCUT2D eigenvalue weighted by molar-refractivity contribution is 5.74. The van der Waals surface area contributed by atoms with Gasteiger partial charge in [-0.1, -0.05) is 17.3 Å². The third kappa shape index (κ3) is 0.763. The summed E-state index contributed by atoms with van der Waals surface area (Å²) in [5.41, 5.74) is 2.17. The molecule has 0 N–H and O–H groups in total. The molecule has 1 aliphatic rings. The van der Waals surface area contributed by atoms with Gasteiger partial charge in [-0.3, -0.25) is 0 Å². The molecule has 0 amide bonds. The van der Waals surface area contributed by atoms with Crippen molar-refractivity contribution in [3.8, 4) is 0 Å². The van der Waals surface area contributed by atoms with Crippen molar-refractivity contribution in [3.63, 3.8) is 0 Å². The Kier molecular flexibility index (Phi) is 1.06. The van der Waals surface area contributed by atoms with Crippen LogP contribution >= 0.6 is 0 Å². The number of fused-ring (bicyclic) bond motifs is 1. The average molecular weight is 159 g/mol. The maximum Gasteiger partial charge on any atom is 0.113 e. The van der Waals surface area contributed by atoms with Gasteiger partial charge in [-0.2, -0.15) is 0 Å². The normalized spacial score (nSPS) is 17.0. The van der Waals surface area contributed by atoms with E-state index < -0.39 is 0 Å². The Morgan fingerprint density at radius 2 is 2.08 bits per heavy atom. The van der Waals surface area contributed by atoms with Gasteiger partial charge in [0.2, 0.25) is 0 Å². The van der Waals surface area contributed by atoms with E-state index in [-0.39, 0.29) is 0 Å². The molecule has 0 radical (unpaired) electrons. The van der Waals surface area contributed by atoms with Crippen LogP contribution in [0.1, 0.15) is 18.9 Å². The van der Waals surface area contributed by atoms with E-state index in [1.54, 1.807) is 0 Å². The number of hydrogen-bond donors (Lipinski definition) is 0. The van der Waals surface area contributed by atoms with Gasteiger partial charge >= 0.3 is 0 Å². The molecule has 0 unspecified atom stereocenters. The van der Waals surface area contributed by atoms with Crippen LogP contribution in [0.4, 0.5) is 0 Å². The Balaban J connectivity index is 2.30. The van der Waals surface area contributed by atoms with Gasteiger partial charge in [0, 0.05) is 0 Å². The van der Waals surface area contributed by atoms with E-state index in [1.807, 2.05) is 22.9 Å². The van der Waals surface area contributed by atoms with Crippen LogP contribution in [0, 0.1) is 0 Å². The van der Waals surface area contributed by atoms with Crippen molar-refractivity contribution in [3.05, 3.63) is 24.3 Å². The summed E-state index contributed by atoms with van der Waals surface area (Å²) in [7, 11) is 0. The molecule has 0 atom stereocenters. The first-order valence-electron chi connectivity index (χ1n) is 4.25. The fraction of sp³-hybridized carbons (Fsp3) is 0.333. The third-order valence-corrected chi connectivity index (χ3v) is 2.27. The van der Waals surface area contributed by atoms with Crippen LogP contribution in [0.5, 0.6) is 0 Å². The molecule has 1 aromatic carbocycles. The standard InChI is InChI=1S/C9H9N3/c1-2-4-9-8(3-1)10-11-12(9)7-5-6-7/h1-4,7H,5-6H2. The van der Waals surface area contributed by atoms with Crippen molar-refractivity contribution in [2.24, 2.45) is 0 Å². The van der Waals surface area contributed by atoms with Gasteiger partial charge in [0.1, 0.15) is 5.52 Å². The van der Waals surface area contributed by atoms with Crippen molar-refractivity contribution in [1.82, 2.24) is 15.0 Å². The predicted molar refractivity (Wildman–Crippen MR) is 45.8 cm³/mol. The SMILES string of the molecule is c1ccc2c(c1)nnn2C1CC1. The van der Waals surface area contributed by atoms with Crippen LogP contribution in [0.3, 0.4) is 0 Å². The second kappa shape index (κ2) is 2.06. The summed E-state index contributed by atoms with van der Waals surface area (Å²) >= 11 is 0. The quantitative estimate of drug-likeness (QED) is 0.634. The summed E-state index contributed by atoms with van der Waals surface area (Å²) in [5, 5.41) is 8.22. The first kappa shape index (κ1) is 6.17. The molecule has 12 heavy (non-hydrogen) atoms. The Morgan fingerprint density at radius 3 is 2.92 bits per heavy atom. The molecule has 2 aromatic rings. The van der Waals surface area contributed by atoms with E-state index >= 15 is 0 Å². The fourth-order valence-electron chi connectivity index (χ4n) is 1.48. The van der Waals surface area contributed by atoms with Gasteiger partial charge in [0.25, 0.3) is 0 Å². The zero-order valence-electron chi connectivity index (χ0n) is 6.64. The van der Waals surface area contributed by atoms with Crippen molar-refractivity contribution in [2.75, 3.05) is 0 Å². The van der Waals surface area contributed by atoms with E-state index in [0.717, 1.165) is 5.52 Å². The van der Waals surface area contributed by atoms with Crippen molar-refractivity contribution in [1.29, 1.82) is 0 Å². The molecule has 1 fully saturated rings. The molecule has 0 bridgehead atoms. The van der Waals surface area contributed by atoms with Crippen LogP contribution < -0.4 is 0 Å². The molecule has 1 aromatic heterocycles. The van der Waals surface area contributed by atoms with Crippen molar-refractivity contribution in [2.45, 2.75) is 18.9 Å². The highest BCUT2D eigenvalue weighted by atomic mass is 15.4. The summed E-state index contributed by atoms with van der Waals surface area (Å²) < 4.78 is 2.04. The summed E-state index contributed by atoms with van der Waals surface area (Å²) in [5.74, 6) is 0. The summed E-state index contributed by atoms with van der Waals surface area (Å²) in [6.07, 6.45) is 2.51. The lowest BCUT2D eigenvalue weighted by molar-refractivity contribution is 0.630. The Labute approximate surface area is 70.0 Å². The first-order chi connectivity index (χ1) is 5.95. The van der Waals surface area contributed by atoms with E-state index in [0.29, 0.717) is 6.04 Å². The topological polar surface area (TPSA) is 30.7 Å². The predicted octanol–water partition coefficient (Wildman–Crippen LogP) is 1.77. The van der Waals surface area contributed by atoms with Crippen LogP contribution in [-0.4, -0.2) is 15.0 Å². The molecule has 1 heterocycles. The highest BCUT2D eigenvalue weighted by Gasteiger charge is 2.26. The van der Waals surface area contributed by atoms with Gasteiger partial charge in [-0.15, -0.1) is 5.10 Å². The summed E-state index contributed by atoms with van der Waals surface area (Å²) in [6.45, 7) is 0. The maximum atomic E-state index is 4.12. The second-order valence-corrected chi connectivity index (χ2v) is 3.25. The zero-order chi connectivity index (χ0) is 7.97. The monoisotopic (exact) mass is 159 g/mol. The van der Waals surface area contributed by atoms with E-state index in [9.17, 15) is 0 Å². The lowest BCUT2D eigenvalue weighted by atomic mass is 10.3. The van der Waals surface area contributed by atoms with Gasteiger partial charge in [-0.05, 0) is 25.0 Å². The molecule has 0 spiro atoms. The van der Waals surface area contributed by atoms with Gasteiger partial charge < -0.3 is 0 Å². The fourth-order valence-corrected chi connectivity index (χ4v) is 1.48. The largest absolute Gasteiger partial charge is 0.242 e. The van der Waals surface area contributed by atoms with E-state index in [4.69, 9.17) is 0 Å². The van der Waals surface area contributed by atoms with Crippen LogP contribution in [0.15, 0.2) is 24.3 Å². The Hall–Kier alpha value is -1.38. The molecule has 1 aliphatic carbocycles. The number of para-hydroxylation sites is 1. The number of hydrogen-bond acceptors (Lipinski definition) is 2. The average Bonchev–Trinajstić information content (AvgIpc) is 2.86. The first-order valence-corrected chi connectivity index (χ1v) is 4.25. The number of aromatic nitrogens is 3. The number of benzene rings is 1. The minimum absolute atomic E-state index is 0.623. The van der Waals surface area contributed by atoms with E-state index in [2.05, 4.69) is 16.4 Å². The molecule has 0 aliphatic heterocycles. The molecule has 3 nitrogen and oxygen atoms in total. The van der Waals surface area contributed by atoms with Crippen molar-refractivity contribution >= 4 is 11.0 Å². The number of rotatable bonds is 1. The van der Waals surface area contributed by atoms with Crippen LogP contribution in [0.2, 0.25) is 0 Å². The van der Waals surface area contributed by atoms with Gasteiger partial charge in [-0.25, -0.2) is 4.68 Å². The van der Waals surface area contributed by atoms with Crippen molar-refractivity contribution < 1.29 is 0 Å². The molecular weight excluding hydrogens is 150 g/mol. The highest BCUT2D eigenvalue weighted by Crippen LogP contribution is 2.35. The summed E-state index contributed by atoms with van der Waals surface area (Å²) in [4.78, 5) is 0. The summed E-state index contributed by atoms with van der Waals surface area (Å²) in [6, 6.07) is 8.73. The molecule has 0 saturated heterocycles. The Morgan fingerprint density at radius 1 is 1.25 bits per heavy atom. The van der Waals surface area contributed by atoms with Crippen LogP contribution in [0.25, 0.3) is 11.0 Å². The minimum Gasteiger partial charge on any atom is -0.242 e. The minimum atomic E-state index is 0.623. The second-order valence-electron chi connectivity index (χ2n) is 3.25. The zero-order valence-corrected chi connectivity index (χ0v) is 6.64. The molecular formula is C9H9N3. The molecule has 1 saturated carbocycles. The smallest absolute Gasteiger partial charge is 0.113 e. The maximum absolute atomic E-state index is 4.12. The number of nitrogens with zero attached hydrogens (tertiary/aromatic N) is 3. The molecule has 3 rings (SSSR count). The lowest BCUT2D eigenvalue weighted by Gasteiger charge is -1.95. The van der Waals surface area contributed by atoms with E-state index in [1.165, 1.54) is 18.4 Å². The Bertz CT molecular complexity index is 414. The molecule has 60 valence electrons. The van der Waals surface area contributed by atoms with Crippen LogP contribution in [-0.2, 0) is 0 Å². The molecule has 3 heteroatoms. The van der Waals surface area contributed by atoms with Gasteiger partial charge in [0.15, 0.2) is 0 Å². The van der Waals surface area contributed by atoms with Gasteiger partial charge in [0.05, 0.1) is 11.6 Å². The third-order valence-electron chi connectivity index (χ3n) is 2.27. The lowest BCUT2D eigenvalue weighted by Crippen LogP contribution is -1.95.